The van der Waals surface area contributed by atoms with E-state index < -0.39 is 0 Å². The zero-order valence-corrected chi connectivity index (χ0v) is 12.3. The van der Waals surface area contributed by atoms with Crippen molar-refractivity contribution in [1.82, 2.24) is 15.2 Å². The number of amides is 1. The van der Waals surface area contributed by atoms with Crippen molar-refractivity contribution in [2.45, 2.75) is 25.7 Å². The van der Waals surface area contributed by atoms with Crippen molar-refractivity contribution in [3.8, 4) is 0 Å². The summed E-state index contributed by atoms with van der Waals surface area (Å²) < 4.78 is 0. The number of nitrogens with zero attached hydrogens (tertiary/aromatic N) is 2. The van der Waals surface area contributed by atoms with Crippen molar-refractivity contribution in [2.75, 3.05) is 5.32 Å². The lowest BCUT2D eigenvalue weighted by molar-refractivity contribution is 0.103. The molecule has 2 N–H and O–H groups in total. The molecule has 1 saturated carbocycles. The summed E-state index contributed by atoms with van der Waals surface area (Å²) in [5.74, 6) is 0.493. The molecule has 5 nitrogen and oxygen atoms in total. The third-order valence-corrected chi connectivity index (χ3v) is 4.96. The highest BCUT2D eigenvalue weighted by atomic mass is 32.1. The van der Waals surface area contributed by atoms with E-state index in [1.807, 2.05) is 25.1 Å². The Balaban J connectivity index is 1.59. The van der Waals surface area contributed by atoms with Crippen LogP contribution in [0.4, 0.5) is 5.69 Å². The van der Waals surface area contributed by atoms with E-state index in [1.165, 1.54) is 24.2 Å². The highest BCUT2D eigenvalue weighted by molar-refractivity contribution is 7.14. The van der Waals surface area contributed by atoms with Gasteiger partial charge in [-0.1, -0.05) is 0 Å². The third-order valence-electron chi connectivity index (χ3n) is 3.65. The molecule has 0 aliphatic heterocycles. The number of thiazole rings is 1. The molecule has 1 amide bonds. The second kappa shape index (κ2) is 4.66. The van der Waals surface area contributed by atoms with Crippen molar-refractivity contribution < 1.29 is 4.79 Å². The maximum atomic E-state index is 12.4. The van der Waals surface area contributed by atoms with Crippen LogP contribution in [0.2, 0.25) is 0 Å². The van der Waals surface area contributed by atoms with Crippen molar-refractivity contribution in [3.05, 3.63) is 40.0 Å². The molecular formula is C15H14N4OS. The molecule has 0 bridgehead atoms. The van der Waals surface area contributed by atoms with E-state index in [2.05, 4.69) is 20.5 Å². The van der Waals surface area contributed by atoms with Crippen LogP contribution < -0.4 is 5.32 Å². The highest BCUT2D eigenvalue weighted by Crippen LogP contribution is 2.42. The molecule has 4 rings (SSSR count). The second-order valence-electron chi connectivity index (χ2n) is 5.37. The molecule has 1 fully saturated rings. The standard InChI is InChI=1S/C15H14N4OS/c1-8-13(21-15(17-8)9-2-3-9)14(20)18-11-5-4-10-7-16-19-12(10)6-11/h4-7,9H,2-3H2,1H3,(H,16,19)(H,18,20). The average molecular weight is 298 g/mol. The molecule has 1 aromatic carbocycles. The van der Waals surface area contributed by atoms with Gasteiger partial charge in [-0.25, -0.2) is 4.98 Å². The van der Waals surface area contributed by atoms with Crippen LogP contribution in [0.15, 0.2) is 24.4 Å². The van der Waals surface area contributed by atoms with Crippen LogP contribution in [0.25, 0.3) is 10.9 Å². The molecule has 6 heteroatoms. The lowest BCUT2D eigenvalue weighted by Crippen LogP contribution is -2.11. The summed E-state index contributed by atoms with van der Waals surface area (Å²) in [4.78, 5) is 17.6. The number of hydrogen-bond acceptors (Lipinski definition) is 4. The number of aromatic nitrogens is 3. The van der Waals surface area contributed by atoms with Gasteiger partial charge < -0.3 is 5.32 Å². The zero-order chi connectivity index (χ0) is 14.4. The average Bonchev–Trinajstić information content (AvgIpc) is 3.08. The van der Waals surface area contributed by atoms with Gasteiger partial charge in [-0.05, 0) is 38.0 Å². The lowest BCUT2D eigenvalue weighted by atomic mass is 10.2. The van der Waals surface area contributed by atoms with Gasteiger partial charge in [0.25, 0.3) is 5.91 Å². The Bertz CT molecular complexity index is 831. The van der Waals surface area contributed by atoms with Crippen molar-refractivity contribution in [1.29, 1.82) is 0 Å². The van der Waals surface area contributed by atoms with E-state index in [1.54, 1.807) is 6.20 Å². The van der Waals surface area contributed by atoms with E-state index in [-0.39, 0.29) is 5.91 Å². The van der Waals surface area contributed by atoms with Gasteiger partial charge in [-0.15, -0.1) is 11.3 Å². The van der Waals surface area contributed by atoms with Crippen molar-refractivity contribution >= 4 is 33.8 Å². The van der Waals surface area contributed by atoms with Gasteiger partial charge in [0.1, 0.15) is 4.88 Å². The topological polar surface area (TPSA) is 70.7 Å². The molecule has 0 saturated heterocycles. The Morgan fingerprint density at radius 2 is 2.29 bits per heavy atom. The first kappa shape index (κ1) is 12.5. The quantitative estimate of drug-likeness (QED) is 0.778. The van der Waals surface area contributed by atoms with E-state index in [9.17, 15) is 4.79 Å². The first-order valence-electron chi connectivity index (χ1n) is 6.92. The number of H-pyrrole nitrogens is 1. The fourth-order valence-corrected chi connectivity index (χ4v) is 3.47. The van der Waals surface area contributed by atoms with Crippen LogP contribution in [0.1, 0.15) is 39.1 Å². The number of rotatable bonds is 3. The summed E-state index contributed by atoms with van der Waals surface area (Å²) in [6.45, 7) is 1.90. The predicted molar refractivity (Wildman–Crippen MR) is 82.9 cm³/mol. The molecule has 0 unspecified atom stereocenters. The normalized spacial score (nSPS) is 14.5. The minimum atomic E-state index is -0.0873. The van der Waals surface area contributed by atoms with E-state index in [0.29, 0.717) is 10.8 Å². The number of nitrogens with one attached hydrogen (secondary N) is 2. The van der Waals surface area contributed by atoms with Gasteiger partial charge in [0, 0.05) is 17.0 Å². The summed E-state index contributed by atoms with van der Waals surface area (Å²) in [6, 6.07) is 5.70. The van der Waals surface area contributed by atoms with Gasteiger partial charge in [-0.2, -0.15) is 5.10 Å². The van der Waals surface area contributed by atoms with E-state index >= 15 is 0 Å². The number of benzene rings is 1. The number of aromatic amines is 1. The summed E-state index contributed by atoms with van der Waals surface area (Å²) in [5.41, 5.74) is 2.49. The molecule has 1 aliphatic rings. The number of hydrogen-bond donors (Lipinski definition) is 2. The SMILES string of the molecule is Cc1nc(C2CC2)sc1C(=O)Nc1ccc2cn[nH]c2c1. The molecule has 0 radical (unpaired) electrons. The number of fused-ring (bicyclic) bond motifs is 1. The van der Waals surface area contributed by atoms with Crippen LogP contribution in [-0.2, 0) is 0 Å². The van der Waals surface area contributed by atoms with Crippen LogP contribution in [0.3, 0.4) is 0 Å². The number of carbonyl (C=O) groups is 1. The van der Waals surface area contributed by atoms with Crippen LogP contribution in [0.5, 0.6) is 0 Å². The van der Waals surface area contributed by atoms with Gasteiger partial charge in [0.2, 0.25) is 0 Å². The van der Waals surface area contributed by atoms with Crippen molar-refractivity contribution in [2.24, 2.45) is 0 Å². The first-order valence-corrected chi connectivity index (χ1v) is 7.74. The molecule has 2 aromatic heterocycles. The molecule has 21 heavy (non-hydrogen) atoms. The van der Waals surface area contributed by atoms with Gasteiger partial charge in [0.15, 0.2) is 0 Å². The predicted octanol–water partition coefficient (Wildman–Crippen LogP) is 3.46. The van der Waals surface area contributed by atoms with Gasteiger partial charge in [-0.3, -0.25) is 9.89 Å². The third kappa shape index (κ3) is 2.31. The minimum Gasteiger partial charge on any atom is -0.321 e. The molecule has 1 aliphatic carbocycles. The molecule has 106 valence electrons. The summed E-state index contributed by atoms with van der Waals surface area (Å²) in [5, 5.41) is 11.9. The number of aryl methyl sites for hydroxylation is 1. The van der Waals surface area contributed by atoms with Gasteiger partial charge in [0.05, 0.1) is 22.4 Å². The summed E-state index contributed by atoms with van der Waals surface area (Å²) in [6.07, 6.45) is 4.16. The summed E-state index contributed by atoms with van der Waals surface area (Å²) >= 11 is 1.52. The summed E-state index contributed by atoms with van der Waals surface area (Å²) in [7, 11) is 0. The molecular weight excluding hydrogens is 284 g/mol. The molecule has 0 spiro atoms. The lowest BCUT2D eigenvalue weighted by Gasteiger charge is -2.03. The largest absolute Gasteiger partial charge is 0.321 e. The minimum absolute atomic E-state index is 0.0873. The zero-order valence-electron chi connectivity index (χ0n) is 11.5. The van der Waals surface area contributed by atoms with E-state index in [0.717, 1.165) is 27.3 Å². The Kier molecular flexibility index (Phi) is 2.78. The Labute approximate surface area is 125 Å². The monoisotopic (exact) mass is 298 g/mol. The Morgan fingerprint density at radius 1 is 1.43 bits per heavy atom. The fourth-order valence-electron chi connectivity index (χ4n) is 2.34. The van der Waals surface area contributed by atoms with Crippen LogP contribution in [0, 0.1) is 6.92 Å². The highest BCUT2D eigenvalue weighted by Gasteiger charge is 2.28. The molecule has 2 heterocycles. The molecule has 3 aromatic rings. The number of anilines is 1. The smallest absolute Gasteiger partial charge is 0.267 e. The van der Waals surface area contributed by atoms with Crippen molar-refractivity contribution in [3.63, 3.8) is 0 Å². The molecule has 0 atom stereocenters. The van der Waals surface area contributed by atoms with Crippen LogP contribution >= 0.6 is 11.3 Å². The Hall–Kier alpha value is -2.21. The maximum absolute atomic E-state index is 12.4. The number of carbonyl (C=O) groups excluding carboxylic acids is 1. The first-order chi connectivity index (χ1) is 10.2. The Morgan fingerprint density at radius 3 is 3.10 bits per heavy atom. The fraction of sp³-hybridized carbons (Fsp3) is 0.267. The van der Waals surface area contributed by atoms with Gasteiger partial charge >= 0.3 is 0 Å². The van der Waals surface area contributed by atoms with E-state index in [4.69, 9.17) is 0 Å². The second-order valence-corrected chi connectivity index (χ2v) is 6.40. The van der Waals surface area contributed by atoms with Crippen LogP contribution in [-0.4, -0.2) is 21.1 Å². The maximum Gasteiger partial charge on any atom is 0.267 e.